The lowest BCUT2D eigenvalue weighted by molar-refractivity contribution is 0.0695. The smallest absolute Gasteiger partial charge is 0.336 e. The third-order valence-corrected chi connectivity index (χ3v) is 4.32. The van der Waals surface area contributed by atoms with Crippen LogP contribution in [0.2, 0.25) is 0 Å². The van der Waals surface area contributed by atoms with E-state index >= 15 is 0 Å². The molecule has 1 aromatic rings. The first-order valence-corrected chi connectivity index (χ1v) is 6.69. The zero-order valence-electron chi connectivity index (χ0n) is 12.0. The number of carbonyl (C=O) groups is 2. The number of primary amides is 1. The van der Waals surface area contributed by atoms with Crippen LogP contribution >= 0.6 is 0 Å². The van der Waals surface area contributed by atoms with Crippen molar-refractivity contribution in [1.29, 1.82) is 0 Å². The van der Waals surface area contributed by atoms with Gasteiger partial charge in [0.2, 0.25) is 0 Å². The number of anilines is 1. The first-order chi connectivity index (χ1) is 9.24. The molecule has 1 atom stereocenters. The van der Waals surface area contributed by atoms with Crippen molar-refractivity contribution in [3.05, 3.63) is 28.8 Å². The van der Waals surface area contributed by atoms with E-state index in [1.165, 1.54) is 12.1 Å². The fourth-order valence-electron chi connectivity index (χ4n) is 2.30. The summed E-state index contributed by atoms with van der Waals surface area (Å²) in [6, 6.07) is 3.20. The van der Waals surface area contributed by atoms with Crippen LogP contribution < -0.4 is 11.1 Å². The summed E-state index contributed by atoms with van der Waals surface area (Å²) in [7, 11) is 0. The van der Waals surface area contributed by atoms with Gasteiger partial charge in [0, 0.05) is 11.7 Å². The molecule has 1 aliphatic rings. The molecule has 0 heterocycles. The van der Waals surface area contributed by atoms with E-state index in [9.17, 15) is 14.7 Å². The Morgan fingerprint density at radius 1 is 1.35 bits per heavy atom. The van der Waals surface area contributed by atoms with Crippen LogP contribution in [0.4, 0.5) is 5.69 Å². The Labute approximate surface area is 118 Å². The minimum Gasteiger partial charge on any atom is -0.478 e. The van der Waals surface area contributed by atoms with E-state index in [0.717, 1.165) is 12.8 Å². The average Bonchev–Trinajstić information content (AvgIpc) is 3.09. The topological polar surface area (TPSA) is 92.4 Å². The highest BCUT2D eigenvalue weighted by Crippen LogP contribution is 2.49. The predicted octanol–water partition coefficient (Wildman–Crippen LogP) is 2.39. The molecule has 1 aromatic carbocycles. The van der Waals surface area contributed by atoms with Crippen molar-refractivity contribution in [1.82, 2.24) is 0 Å². The molecule has 0 saturated heterocycles. The Morgan fingerprint density at radius 2 is 1.95 bits per heavy atom. The Kier molecular flexibility index (Phi) is 3.46. The van der Waals surface area contributed by atoms with Crippen molar-refractivity contribution >= 4 is 17.6 Å². The molecule has 5 nitrogen and oxygen atoms in total. The molecule has 0 spiro atoms. The number of nitrogens with two attached hydrogens (primary N) is 1. The molecule has 0 radical (unpaired) electrons. The summed E-state index contributed by atoms with van der Waals surface area (Å²) in [6.45, 7) is 5.87. The Hall–Kier alpha value is -2.04. The summed E-state index contributed by atoms with van der Waals surface area (Å²) in [5.74, 6) is -1.56. The van der Waals surface area contributed by atoms with E-state index in [2.05, 4.69) is 12.2 Å². The quantitative estimate of drug-likeness (QED) is 0.770. The van der Waals surface area contributed by atoms with Crippen LogP contribution in [0.3, 0.4) is 0 Å². The zero-order chi connectivity index (χ0) is 15.1. The number of hydrogen-bond acceptors (Lipinski definition) is 3. The second kappa shape index (κ2) is 4.81. The number of aromatic carboxylic acids is 1. The summed E-state index contributed by atoms with van der Waals surface area (Å²) in [4.78, 5) is 22.7. The molecule has 1 fully saturated rings. The second-order valence-corrected chi connectivity index (χ2v) is 5.90. The normalized spacial score (nSPS) is 17.4. The molecule has 0 aliphatic heterocycles. The Balaban J connectivity index is 2.40. The number of carbonyl (C=O) groups excluding carboxylic acids is 1. The number of nitrogens with one attached hydrogen (secondary N) is 1. The Morgan fingerprint density at radius 3 is 2.40 bits per heavy atom. The minimum atomic E-state index is -1.01. The molecule has 108 valence electrons. The van der Waals surface area contributed by atoms with Crippen LogP contribution in [0.15, 0.2) is 12.1 Å². The van der Waals surface area contributed by atoms with Crippen LogP contribution in [0.5, 0.6) is 0 Å². The van der Waals surface area contributed by atoms with Crippen LogP contribution in [0, 0.1) is 12.3 Å². The van der Waals surface area contributed by atoms with Gasteiger partial charge in [0.1, 0.15) is 0 Å². The molecule has 1 aliphatic carbocycles. The first-order valence-electron chi connectivity index (χ1n) is 6.69. The lowest BCUT2D eigenvalue weighted by Gasteiger charge is -2.23. The SMILES string of the molecule is Cc1cc(C(N)=O)c(NC(C)C2(C)CC2)cc1C(=O)O. The monoisotopic (exact) mass is 276 g/mol. The summed E-state index contributed by atoms with van der Waals surface area (Å²) in [5, 5.41) is 12.4. The van der Waals surface area contributed by atoms with E-state index in [1.807, 2.05) is 6.92 Å². The molecule has 20 heavy (non-hydrogen) atoms. The lowest BCUT2D eigenvalue weighted by atomic mass is 9.98. The summed E-state index contributed by atoms with van der Waals surface area (Å²) in [6.07, 6.45) is 2.26. The van der Waals surface area contributed by atoms with E-state index in [-0.39, 0.29) is 17.0 Å². The largest absolute Gasteiger partial charge is 0.478 e. The van der Waals surface area contributed by atoms with Gasteiger partial charge >= 0.3 is 5.97 Å². The predicted molar refractivity (Wildman–Crippen MR) is 77.1 cm³/mol. The molecular formula is C15H20N2O3. The molecule has 1 saturated carbocycles. The van der Waals surface area contributed by atoms with E-state index < -0.39 is 11.9 Å². The highest BCUT2D eigenvalue weighted by atomic mass is 16.4. The van der Waals surface area contributed by atoms with Gasteiger partial charge in [0.15, 0.2) is 0 Å². The number of benzene rings is 1. The first kappa shape index (κ1) is 14.4. The molecular weight excluding hydrogens is 256 g/mol. The fraction of sp³-hybridized carbons (Fsp3) is 0.467. The molecule has 4 N–H and O–H groups in total. The van der Waals surface area contributed by atoms with Crippen molar-refractivity contribution < 1.29 is 14.7 Å². The van der Waals surface area contributed by atoms with Gasteiger partial charge in [-0.05, 0) is 49.8 Å². The molecule has 0 aromatic heterocycles. The van der Waals surface area contributed by atoms with Crippen molar-refractivity contribution in [2.24, 2.45) is 11.1 Å². The van der Waals surface area contributed by atoms with Gasteiger partial charge in [0.05, 0.1) is 11.1 Å². The number of carboxylic acid groups (broad SMARTS) is 1. The van der Waals surface area contributed by atoms with Crippen molar-refractivity contribution in [3.8, 4) is 0 Å². The van der Waals surface area contributed by atoms with Crippen LogP contribution in [-0.4, -0.2) is 23.0 Å². The van der Waals surface area contributed by atoms with Gasteiger partial charge in [-0.1, -0.05) is 6.92 Å². The van der Waals surface area contributed by atoms with Gasteiger partial charge in [-0.15, -0.1) is 0 Å². The van der Waals surface area contributed by atoms with Gasteiger partial charge in [-0.25, -0.2) is 4.79 Å². The summed E-state index contributed by atoms with van der Waals surface area (Å²) < 4.78 is 0. The van der Waals surface area contributed by atoms with Gasteiger partial charge < -0.3 is 16.2 Å². The van der Waals surface area contributed by atoms with Crippen LogP contribution in [0.25, 0.3) is 0 Å². The van der Waals surface area contributed by atoms with Gasteiger partial charge in [-0.3, -0.25) is 4.79 Å². The highest BCUT2D eigenvalue weighted by molar-refractivity contribution is 6.01. The van der Waals surface area contributed by atoms with E-state index in [0.29, 0.717) is 16.8 Å². The third kappa shape index (κ3) is 2.61. The molecule has 5 heteroatoms. The number of hydrogen-bond donors (Lipinski definition) is 3. The van der Waals surface area contributed by atoms with Crippen LogP contribution in [-0.2, 0) is 0 Å². The number of amides is 1. The summed E-state index contributed by atoms with van der Waals surface area (Å²) in [5.41, 5.74) is 7.15. The number of carboxylic acids is 1. The maximum atomic E-state index is 11.5. The fourth-order valence-corrected chi connectivity index (χ4v) is 2.30. The molecule has 0 bridgehead atoms. The second-order valence-electron chi connectivity index (χ2n) is 5.90. The third-order valence-electron chi connectivity index (χ3n) is 4.32. The lowest BCUT2D eigenvalue weighted by Crippen LogP contribution is -2.27. The minimum absolute atomic E-state index is 0.157. The van der Waals surface area contributed by atoms with Gasteiger partial charge in [-0.2, -0.15) is 0 Å². The van der Waals surface area contributed by atoms with Crippen molar-refractivity contribution in [3.63, 3.8) is 0 Å². The average molecular weight is 276 g/mol. The van der Waals surface area contributed by atoms with Crippen molar-refractivity contribution in [2.45, 2.75) is 39.7 Å². The van der Waals surface area contributed by atoms with Crippen molar-refractivity contribution in [2.75, 3.05) is 5.32 Å². The Bertz CT molecular complexity index is 577. The van der Waals surface area contributed by atoms with E-state index in [1.54, 1.807) is 6.92 Å². The number of aryl methyl sites for hydroxylation is 1. The highest BCUT2D eigenvalue weighted by Gasteiger charge is 2.42. The molecule has 1 unspecified atom stereocenters. The molecule has 1 amide bonds. The number of rotatable bonds is 5. The molecule has 2 rings (SSSR count). The maximum Gasteiger partial charge on any atom is 0.336 e. The maximum absolute atomic E-state index is 11.5. The zero-order valence-corrected chi connectivity index (χ0v) is 12.0. The van der Waals surface area contributed by atoms with E-state index in [4.69, 9.17) is 5.73 Å². The van der Waals surface area contributed by atoms with Gasteiger partial charge in [0.25, 0.3) is 5.91 Å². The summed E-state index contributed by atoms with van der Waals surface area (Å²) >= 11 is 0. The standard InChI is InChI=1S/C15H20N2O3/c1-8-6-11(13(16)18)12(7-10(8)14(19)20)17-9(2)15(3)4-5-15/h6-7,9,17H,4-5H2,1-3H3,(H2,16,18)(H,19,20). The van der Waals surface area contributed by atoms with Crippen LogP contribution in [0.1, 0.15) is 53.0 Å².